The van der Waals surface area contributed by atoms with E-state index in [-0.39, 0.29) is 17.3 Å². The average Bonchev–Trinajstić information content (AvgIpc) is 3.00. The number of nitrogens with two attached hydrogens (primary N) is 2. The summed E-state index contributed by atoms with van der Waals surface area (Å²) in [5, 5.41) is 32.4. The van der Waals surface area contributed by atoms with Gasteiger partial charge in [-0.25, -0.2) is 0 Å². The second-order valence-corrected chi connectivity index (χ2v) is 11.0. The molecule has 5 rings (SSSR count). The Balaban J connectivity index is 1.49. The molecule has 0 aromatic heterocycles. The van der Waals surface area contributed by atoms with Gasteiger partial charge in [0.2, 0.25) is 5.96 Å². The maximum atomic E-state index is 12.3. The van der Waals surface area contributed by atoms with E-state index in [0.29, 0.717) is 18.8 Å². The van der Waals surface area contributed by atoms with Crippen LogP contribution in [0.15, 0.2) is 52.2 Å². The van der Waals surface area contributed by atoms with Gasteiger partial charge in [0.05, 0.1) is 11.2 Å². The van der Waals surface area contributed by atoms with E-state index in [4.69, 9.17) is 11.5 Å². The van der Waals surface area contributed by atoms with Crippen molar-refractivity contribution in [1.82, 2.24) is 0 Å². The van der Waals surface area contributed by atoms with E-state index < -0.39 is 16.6 Å². The third kappa shape index (κ3) is 2.78. The Morgan fingerprint density at radius 1 is 1.00 bits per heavy atom. The van der Waals surface area contributed by atoms with Gasteiger partial charge in [-0.15, -0.1) is 5.10 Å². The van der Waals surface area contributed by atoms with Crippen LogP contribution in [0, 0.1) is 22.7 Å². The van der Waals surface area contributed by atoms with Crippen molar-refractivity contribution in [3.05, 3.63) is 47.5 Å². The summed E-state index contributed by atoms with van der Waals surface area (Å²) in [6, 6.07) is 9.98. The van der Waals surface area contributed by atoms with Gasteiger partial charge in [-0.2, -0.15) is 5.10 Å². The number of benzene rings is 1. The first kappa shape index (κ1) is 21.7. The number of guanidine groups is 1. The van der Waals surface area contributed by atoms with Crippen molar-refractivity contribution in [2.24, 2.45) is 44.3 Å². The summed E-state index contributed by atoms with van der Waals surface area (Å²) in [5.74, 6) is 0.553. The van der Waals surface area contributed by atoms with Crippen molar-refractivity contribution in [3.63, 3.8) is 0 Å². The lowest BCUT2D eigenvalue weighted by Crippen LogP contribution is -2.63. The Bertz CT molecular complexity index is 1000. The standard InChI is InChI=1S/C26H36N4O2/c1-23-12-10-19(29-30-22(27)28)16-18(23)8-9-21-20(23)11-13-24(2)25(31,14-15-26(21,24)32)17-6-4-3-5-7-17/h3-8,20-21,31-32H,9-16H2,1-2H3,(H4,27,28,30)/t20-,21+,23-,24+,25-,26-/m0/s1. The first-order valence-electron chi connectivity index (χ1n) is 12.0. The van der Waals surface area contributed by atoms with Crippen molar-refractivity contribution in [2.75, 3.05) is 0 Å². The summed E-state index contributed by atoms with van der Waals surface area (Å²) in [7, 11) is 0. The number of allylic oxidation sites excluding steroid dienone is 2. The normalized spacial score (nSPS) is 44.2. The summed E-state index contributed by atoms with van der Waals surface area (Å²) in [4.78, 5) is 0. The van der Waals surface area contributed by atoms with Crippen LogP contribution in [-0.4, -0.2) is 27.5 Å². The lowest BCUT2D eigenvalue weighted by molar-refractivity contribution is -0.216. The van der Waals surface area contributed by atoms with E-state index in [9.17, 15) is 10.2 Å². The smallest absolute Gasteiger partial charge is 0.211 e. The average molecular weight is 437 g/mol. The van der Waals surface area contributed by atoms with Crippen LogP contribution in [0.4, 0.5) is 0 Å². The fraction of sp³-hybridized carbons (Fsp3) is 0.615. The molecule has 3 saturated carbocycles. The zero-order valence-corrected chi connectivity index (χ0v) is 19.2. The molecule has 0 heterocycles. The van der Waals surface area contributed by atoms with Crippen molar-refractivity contribution in [1.29, 1.82) is 0 Å². The molecule has 0 amide bonds. The van der Waals surface area contributed by atoms with E-state index in [1.165, 1.54) is 5.57 Å². The summed E-state index contributed by atoms with van der Waals surface area (Å²) in [6.07, 6.45) is 8.96. The second kappa shape index (κ2) is 7.16. The van der Waals surface area contributed by atoms with Gasteiger partial charge in [0.1, 0.15) is 0 Å². The lowest BCUT2D eigenvalue weighted by atomic mass is 9.45. The van der Waals surface area contributed by atoms with Crippen molar-refractivity contribution in [2.45, 2.75) is 76.4 Å². The Kier molecular flexibility index (Phi) is 4.84. The fourth-order valence-corrected chi connectivity index (χ4v) is 7.86. The van der Waals surface area contributed by atoms with E-state index in [2.05, 4.69) is 30.1 Å². The molecule has 1 aromatic carbocycles. The van der Waals surface area contributed by atoms with Gasteiger partial charge in [0, 0.05) is 17.5 Å². The molecule has 4 aliphatic carbocycles. The Morgan fingerprint density at radius 3 is 2.47 bits per heavy atom. The van der Waals surface area contributed by atoms with E-state index >= 15 is 0 Å². The van der Waals surface area contributed by atoms with Crippen LogP contribution in [0.5, 0.6) is 0 Å². The number of nitrogens with zero attached hydrogens (tertiary/aromatic N) is 2. The molecule has 6 N–H and O–H groups in total. The summed E-state index contributed by atoms with van der Waals surface area (Å²) in [5.41, 5.74) is 11.9. The van der Waals surface area contributed by atoms with Crippen LogP contribution in [0.1, 0.15) is 70.8 Å². The van der Waals surface area contributed by atoms with Gasteiger partial charge in [-0.3, -0.25) is 0 Å². The van der Waals surface area contributed by atoms with Gasteiger partial charge in [-0.05, 0) is 67.8 Å². The van der Waals surface area contributed by atoms with E-state index in [1.807, 2.05) is 30.3 Å². The van der Waals surface area contributed by atoms with Crippen molar-refractivity contribution >= 4 is 11.7 Å². The number of hydrogen-bond acceptors (Lipinski definition) is 4. The molecule has 0 radical (unpaired) electrons. The van der Waals surface area contributed by atoms with Gasteiger partial charge < -0.3 is 21.7 Å². The molecule has 0 saturated heterocycles. The molecule has 0 spiro atoms. The maximum Gasteiger partial charge on any atom is 0.211 e. The quantitative estimate of drug-likeness (QED) is 0.245. The largest absolute Gasteiger partial charge is 0.389 e. The van der Waals surface area contributed by atoms with Crippen LogP contribution in [0.2, 0.25) is 0 Å². The molecular formula is C26H36N4O2. The predicted octanol–water partition coefficient (Wildman–Crippen LogP) is 3.58. The predicted molar refractivity (Wildman–Crippen MR) is 127 cm³/mol. The minimum Gasteiger partial charge on any atom is -0.389 e. The third-order valence-electron chi connectivity index (χ3n) is 9.85. The highest BCUT2D eigenvalue weighted by atomic mass is 16.3. The minimum absolute atomic E-state index is 0.00977. The molecule has 172 valence electrons. The van der Waals surface area contributed by atoms with Crippen molar-refractivity contribution in [3.8, 4) is 0 Å². The van der Waals surface area contributed by atoms with E-state index in [1.54, 1.807) is 0 Å². The van der Waals surface area contributed by atoms with Gasteiger partial charge in [0.15, 0.2) is 0 Å². The summed E-state index contributed by atoms with van der Waals surface area (Å²) in [6.45, 7) is 4.50. The molecule has 0 unspecified atom stereocenters. The molecule has 32 heavy (non-hydrogen) atoms. The molecule has 4 aliphatic rings. The molecule has 3 fully saturated rings. The van der Waals surface area contributed by atoms with Crippen LogP contribution in [-0.2, 0) is 5.60 Å². The fourth-order valence-electron chi connectivity index (χ4n) is 7.86. The molecular weight excluding hydrogens is 400 g/mol. The zero-order valence-electron chi connectivity index (χ0n) is 19.2. The molecule has 0 bridgehead atoms. The van der Waals surface area contributed by atoms with E-state index in [0.717, 1.165) is 49.8 Å². The van der Waals surface area contributed by atoms with Gasteiger partial charge in [0.25, 0.3) is 0 Å². The molecule has 0 aliphatic heterocycles. The number of rotatable bonds is 2. The monoisotopic (exact) mass is 436 g/mol. The van der Waals surface area contributed by atoms with Crippen molar-refractivity contribution < 1.29 is 10.2 Å². The third-order valence-corrected chi connectivity index (χ3v) is 9.85. The lowest BCUT2D eigenvalue weighted by Gasteiger charge is -2.62. The highest BCUT2D eigenvalue weighted by Crippen LogP contribution is 2.70. The van der Waals surface area contributed by atoms with Crippen LogP contribution < -0.4 is 11.5 Å². The Morgan fingerprint density at radius 2 is 1.75 bits per heavy atom. The number of hydrogen-bond donors (Lipinski definition) is 4. The van der Waals surface area contributed by atoms with Crippen LogP contribution in [0.3, 0.4) is 0 Å². The van der Waals surface area contributed by atoms with Crippen LogP contribution >= 0.6 is 0 Å². The summed E-state index contributed by atoms with van der Waals surface area (Å²) >= 11 is 0. The van der Waals surface area contributed by atoms with Gasteiger partial charge in [-0.1, -0.05) is 55.8 Å². The Labute approximate surface area is 190 Å². The highest BCUT2D eigenvalue weighted by Gasteiger charge is 2.71. The van der Waals surface area contributed by atoms with Crippen LogP contribution in [0.25, 0.3) is 0 Å². The minimum atomic E-state index is -0.995. The zero-order chi connectivity index (χ0) is 22.8. The maximum absolute atomic E-state index is 12.3. The molecule has 6 nitrogen and oxygen atoms in total. The molecule has 1 aromatic rings. The molecule has 6 heteroatoms. The summed E-state index contributed by atoms with van der Waals surface area (Å²) < 4.78 is 0. The van der Waals surface area contributed by atoms with Gasteiger partial charge >= 0.3 is 0 Å². The molecule has 6 atom stereocenters. The first-order chi connectivity index (χ1) is 15.1. The Hall–Kier alpha value is -2.18. The topological polar surface area (TPSA) is 117 Å². The number of aliphatic hydroxyl groups is 2. The highest BCUT2D eigenvalue weighted by molar-refractivity contribution is 5.89. The SMILES string of the molecule is C[C@]12CC[C@H]3[C@@H](CC=C4CC(=NN=C(N)N)CC[C@@]43C)[C@@]1(O)CC[C@]2(O)c1ccccc1. The first-order valence-corrected chi connectivity index (χ1v) is 12.0. The number of fused-ring (bicyclic) bond motifs is 5. The second-order valence-electron chi connectivity index (χ2n) is 11.0.